The Labute approximate surface area is 111 Å². The molecule has 1 aliphatic heterocycles. The molecule has 0 saturated carbocycles. The standard InChI is InChI=1S/C12H18BrNO3/c1-12(2,3)17-11(15)14-9-4-5-10(6-7-13)16-8-9/h9-10H,4-5,8H2,1-3H3,(H,14,15)/t9-,10+/m1/s1. The van der Waals surface area contributed by atoms with Crippen LogP contribution in [0.15, 0.2) is 0 Å². The number of ether oxygens (including phenoxy) is 2. The minimum atomic E-state index is -0.469. The summed E-state index contributed by atoms with van der Waals surface area (Å²) in [6.45, 7) is 5.99. The highest BCUT2D eigenvalue weighted by Crippen LogP contribution is 2.14. The van der Waals surface area contributed by atoms with Crippen LogP contribution in [0.3, 0.4) is 0 Å². The number of rotatable bonds is 1. The summed E-state index contributed by atoms with van der Waals surface area (Å²) in [6, 6.07) is 0.0122. The van der Waals surface area contributed by atoms with Gasteiger partial charge < -0.3 is 14.8 Å². The van der Waals surface area contributed by atoms with Gasteiger partial charge in [-0.1, -0.05) is 5.92 Å². The first-order valence-corrected chi connectivity index (χ1v) is 6.42. The fourth-order valence-corrected chi connectivity index (χ4v) is 1.77. The number of carbonyl (C=O) groups excluding carboxylic acids is 1. The first kappa shape index (κ1) is 14.3. The number of carbonyl (C=O) groups is 1. The third-order valence-electron chi connectivity index (χ3n) is 2.21. The summed E-state index contributed by atoms with van der Waals surface area (Å²) in [4.78, 5) is 14.2. The average Bonchev–Trinajstić information content (AvgIpc) is 2.18. The Morgan fingerprint density at radius 1 is 1.47 bits per heavy atom. The molecule has 0 aromatic rings. The second-order valence-electron chi connectivity index (χ2n) is 4.98. The Bertz CT molecular complexity index is 319. The van der Waals surface area contributed by atoms with E-state index in [0.717, 1.165) is 12.8 Å². The minimum absolute atomic E-state index is 0.0122. The first-order chi connectivity index (χ1) is 7.90. The van der Waals surface area contributed by atoms with Crippen molar-refractivity contribution in [3.05, 3.63) is 0 Å². The Morgan fingerprint density at radius 2 is 2.18 bits per heavy atom. The van der Waals surface area contributed by atoms with Crippen molar-refractivity contribution in [3.8, 4) is 10.8 Å². The van der Waals surface area contributed by atoms with Crippen LogP contribution in [-0.4, -0.2) is 30.4 Å². The molecule has 2 atom stereocenters. The molecule has 1 aliphatic rings. The van der Waals surface area contributed by atoms with Gasteiger partial charge in [-0.25, -0.2) is 4.79 Å². The molecule has 0 unspecified atom stereocenters. The van der Waals surface area contributed by atoms with Gasteiger partial charge in [-0.2, -0.15) is 0 Å². The van der Waals surface area contributed by atoms with E-state index < -0.39 is 11.7 Å². The quantitative estimate of drug-likeness (QED) is 0.757. The van der Waals surface area contributed by atoms with E-state index in [1.54, 1.807) is 0 Å². The Kier molecular flexibility index (Phi) is 5.29. The average molecular weight is 304 g/mol. The highest BCUT2D eigenvalue weighted by molar-refractivity contribution is 9.12. The van der Waals surface area contributed by atoms with Crippen LogP contribution in [0.25, 0.3) is 0 Å². The molecule has 0 aromatic heterocycles. The highest BCUT2D eigenvalue weighted by atomic mass is 79.9. The molecule has 1 fully saturated rings. The summed E-state index contributed by atoms with van der Waals surface area (Å²) in [6.07, 6.45) is 1.24. The monoisotopic (exact) mass is 303 g/mol. The van der Waals surface area contributed by atoms with E-state index in [1.165, 1.54) is 0 Å². The van der Waals surface area contributed by atoms with Crippen molar-refractivity contribution >= 4 is 22.0 Å². The lowest BCUT2D eigenvalue weighted by atomic mass is 10.1. The molecule has 0 spiro atoms. The molecule has 1 amide bonds. The van der Waals surface area contributed by atoms with Crippen LogP contribution in [0.2, 0.25) is 0 Å². The molecule has 1 heterocycles. The van der Waals surface area contributed by atoms with Crippen LogP contribution >= 0.6 is 15.9 Å². The summed E-state index contributed by atoms with van der Waals surface area (Å²) in [5.41, 5.74) is -0.469. The zero-order valence-electron chi connectivity index (χ0n) is 10.4. The van der Waals surface area contributed by atoms with Crippen molar-refractivity contribution < 1.29 is 14.3 Å². The van der Waals surface area contributed by atoms with Crippen LogP contribution in [0, 0.1) is 10.8 Å². The molecule has 96 valence electrons. The lowest BCUT2D eigenvalue weighted by molar-refractivity contribution is 0.0169. The largest absolute Gasteiger partial charge is 0.444 e. The second kappa shape index (κ2) is 6.27. The predicted molar refractivity (Wildman–Crippen MR) is 68.8 cm³/mol. The van der Waals surface area contributed by atoms with Gasteiger partial charge in [0.1, 0.15) is 11.7 Å². The van der Waals surface area contributed by atoms with Crippen molar-refractivity contribution in [3.63, 3.8) is 0 Å². The first-order valence-electron chi connectivity index (χ1n) is 5.63. The predicted octanol–water partition coefficient (Wildman–Crippen LogP) is 2.41. The number of hydrogen-bond acceptors (Lipinski definition) is 3. The van der Waals surface area contributed by atoms with E-state index >= 15 is 0 Å². The van der Waals surface area contributed by atoms with Gasteiger partial charge in [-0.15, -0.1) is 0 Å². The molecule has 0 radical (unpaired) electrons. The third-order valence-corrected chi connectivity index (χ3v) is 2.44. The Hall–Kier alpha value is -0.730. The maximum absolute atomic E-state index is 11.5. The van der Waals surface area contributed by atoms with Crippen molar-refractivity contribution in [2.45, 2.75) is 51.4 Å². The summed E-state index contributed by atoms with van der Waals surface area (Å²) in [7, 11) is 0. The van der Waals surface area contributed by atoms with Crippen LogP contribution in [0.5, 0.6) is 0 Å². The van der Waals surface area contributed by atoms with Gasteiger partial charge in [0.25, 0.3) is 0 Å². The normalized spacial score (nSPS) is 24.5. The second-order valence-corrected chi connectivity index (χ2v) is 5.38. The van der Waals surface area contributed by atoms with E-state index in [1.807, 2.05) is 20.8 Å². The van der Waals surface area contributed by atoms with E-state index in [-0.39, 0.29) is 12.1 Å². The summed E-state index contributed by atoms with van der Waals surface area (Å²) >= 11 is 3.04. The van der Waals surface area contributed by atoms with Crippen molar-refractivity contribution in [2.24, 2.45) is 0 Å². The molecule has 1 rings (SSSR count). The van der Waals surface area contributed by atoms with Gasteiger partial charge in [0.05, 0.1) is 12.6 Å². The molecular weight excluding hydrogens is 286 g/mol. The molecular formula is C12H18BrNO3. The van der Waals surface area contributed by atoms with E-state index in [0.29, 0.717) is 6.61 Å². The lowest BCUT2D eigenvalue weighted by Gasteiger charge is -2.28. The number of hydrogen-bond donors (Lipinski definition) is 1. The van der Waals surface area contributed by atoms with E-state index in [4.69, 9.17) is 9.47 Å². The Balaban J connectivity index is 2.30. The molecule has 0 bridgehead atoms. The number of halogens is 1. The van der Waals surface area contributed by atoms with Gasteiger partial charge in [-0.05, 0) is 38.4 Å². The summed E-state index contributed by atoms with van der Waals surface area (Å²) in [5.74, 6) is 2.90. The smallest absolute Gasteiger partial charge is 0.407 e. The number of nitrogens with one attached hydrogen (secondary N) is 1. The van der Waals surface area contributed by atoms with Crippen molar-refractivity contribution in [2.75, 3.05) is 6.61 Å². The van der Waals surface area contributed by atoms with Crippen molar-refractivity contribution in [1.29, 1.82) is 0 Å². The molecule has 0 aromatic carbocycles. The maximum atomic E-state index is 11.5. The van der Waals surface area contributed by atoms with E-state index in [9.17, 15) is 4.79 Å². The van der Waals surface area contributed by atoms with Crippen LogP contribution in [-0.2, 0) is 9.47 Å². The van der Waals surface area contributed by atoms with Gasteiger partial charge in [0.15, 0.2) is 0 Å². The molecule has 0 aliphatic carbocycles. The molecule has 4 nitrogen and oxygen atoms in total. The third kappa shape index (κ3) is 5.94. The van der Waals surface area contributed by atoms with Crippen molar-refractivity contribution in [1.82, 2.24) is 5.32 Å². The zero-order chi connectivity index (χ0) is 12.9. The summed E-state index contributed by atoms with van der Waals surface area (Å²) in [5, 5.41) is 2.79. The van der Waals surface area contributed by atoms with Crippen LogP contribution < -0.4 is 5.32 Å². The van der Waals surface area contributed by atoms with Gasteiger partial charge >= 0.3 is 6.09 Å². The molecule has 5 heteroatoms. The fraction of sp³-hybridized carbons (Fsp3) is 0.750. The SMILES string of the molecule is CC(C)(C)OC(=O)N[C@@H]1CC[C@@H](C#CBr)OC1. The zero-order valence-corrected chi connectivity index (χ0v) is 12.0. The fourth-order valence-electron chi connectivity index (χ4n) is 1.51. The summed E-state index contributed by atoms with van der Waals surface area (Å²) < 4.78 is 10.7. The van der Waals surface area contributed by atoms with E-state index in [2.05, 4.69) is 32.0 Å². The maximum Gasteiger partial charge on any atom is 0.407 e. The van der Waals surface area contributed by atoms with Gasteiger partial charge in [-0.3, -0.25) is 0 Å². The molecule has 1 saturated heterocycles. The molecule has 17 heavy (non-hydrogen) atoms. The minimum Gasteiger partial charge on any atom is -0.444 e. The molecule has 1 N–H and O–H groups in total. The number of alkyl carbamates (subject to hydrolysis) is 1. The number of amides is 1. The van der Waals surface area contributed by atoms with Gasteiger partial charge in [0, 0.05) is 15.9 Å². The lowest BCUT2D eigenvalue weighted by Crippen LogP contribution is -2.44. The van der Waals surface area contributed by atoms with Gasteiger partial charge in [0.2, 0.25) is 0 Å². The van der Waals surface area contributed by atoms with Crippen LogP contribution in [0.4, 0.5) is 4.79 Å². The topological polar surface area (TPSA) is 47.6 Å². The highest BCUT2D eigenvalue weighted by Gasteiger charge is 2.24. The van der Waals surface area contributed by atoms with Crippen LogP contribution in [0.1, 0.15) is 33.6 Å². The Morgan fingerprint density at radius 3 is 2.65 bits per heavy atom.